The number of hydrogen-bond acceptors (Lipinski definition) is 16. The van der Waals surface area contributed by atoms with Crippen molar-refractivity contribution in [2.45, 2.75) is 71.1 Å². The fourth-order valence-corrected chi connectivity index (χ4v) is 10.0. The zero-order valence-corrected chi connectivity index (χ0v) is 35.3. The van der Waals surface area contributed by atoms with Crippen molar-refractivity contribution in [1.82, 2.24) is 39.0 Å². The second-order valence-electron chi connectivity index (χ2n) is 14.3. The van der Waals surface area contributed by atoms with Crippen LogP contribution in [0.1, 0.15) is 55.6 Å². The molecule has 6 aromatic rings. The maximum atomic E-state index is 14.2. The smallest absolute Gasteiger partial charge is 0.356 e. The third kappa shape index (κ3) is 10.5. The van der Waals surface area contributed by atoms with Gasteiger partial charge in [-0.1, -0.05) is 17.7 Å². The number of fused-ring (bicyclic) bond motifs is 2. The van der Waals surface area contributed by atoms with Gasteiger partial charge in [-0.25, -0.2) is 38.7 Å². The Bertz CT molecular complexity index is 2550. The first kappa shape index (κ1) is 43.6. The number of benzene rings is 2. The van der Waals surface area contributed by atoms with Gasteiger partial charge in [-0.05, 0) is 62.2 Å². The van der Waals surface area contributed by atoms with Crippen LogP contribution in [0.15, 0.2) is 61.7 Å². The van der Waals surface area contributed by atoms with Gasteiger partial charge in [-0.15, -0.1) is 0 Å². The van der Waals surface area contributed by atoms with Crippen LogP contribution in [0, 0.1) is 18.6 Å². The lowest BCUT2D eigenvalue weighted by Gasteiger charge is -2.30. The largest absolute Gasteiger partial charge is 0.382 e. The molecular formula is C37H43ClF2N10O8P2. The van der Waals surface area contributed by atoms with Crippen LogP contribution in [-0.2, 0) is 49.8 Å². The maximum absolute atomic E-state index is 14.2. The summed E-state index contributed by atoms with van der Waals surface area (Å²) in [5.41, 5.74) is 15.5. The Morgan fingerprint density at radius 1 is 0.783 bits per heavy atom. The van der Waals surface area contributed by atoms with Crippen LogP contribution in [0.5, 0.6) is 0 Å². The molecule has 2 aromatic carbocycles. The molecule has 0 bridgehead atoms. The lowest BCUT2D eigenvalue weighted by Crippen LogP contribution is -2.21. The van der Waals surface area contributed by atoms with Crippen molar-refractivity contribution in [3.05, 3.63) is 95.1 Å². The minimum absolute atomic E-state index is 0.161. The molecule has 0 radical (unpaired) electrons. The molecule has 0 aliphatic carbocycles. The number of aromatic nitrogens is 8. The van der Waals surface area contributed by atoms with Gasteiger partial charge in [0.1, 0.15) is 48.0 Å². The highest BCUT2D eigenvalue weighted by molar-refractivity contribution is 7.54. The van der Waals surface area contributed by atoms with Gasteiger partial charge in [0.05, 0.1) is 63.4 Å². The van der Waals surface area contributed by atoms with E-state index in [1.54, 1.807) is 35.6 Å². The topological polar surface area (TPSA) is 229 Å². The number of halogens is 3. The quantitative estimate of drug-likeness (QED) is 0.113. The van der Waals surface area contributed by atoms with Gasteiger partial charge in [-0.2, -0.15) is 0 Å². The van der Waals surface area contributed by atoms with Crippen LogP contribution in [0.25, 0.3) is 22.3 Å². The summed E-state index contributed by atoms with van der Waals surface area (Å²) in [5.74, 6) is -0.225. The molecule has 60 heavy (non-hydrogen) atoms. The van der Waals surface area contributed by atoms with Crippen LogP contribution in [0.2, 0.25) is 5.02 Å². The third-order valence-corrected chi connectivity index (χ3v) is 12.9. The lowest BCUT2D eigenvalue weighted by atomic mass is 10.0. The molecule has 320 valence electrons. The number of aryl methyl sites for hydroxylation is 1. The van der Waals surface area contributed by atoms with E-state index in [0.717, 1.165) is 5.56 Å². The number of nitrogens with zero attached hydrogens (tertiary/aromatic N) is 8. The van der Waals surface area contributed by atoms with Gasteiger partial charge >= 0.3 is 15.2 Å². The molecule has 0 amide bonds. The van der Waals surface area contributed by atoms with E-state index in [2.05, 4.69) is 29.9 Å². The number of rotatable bonds is 12. The minimum Gasteiger partial charge on any atom is -0.382 e. The Hall–Kier alpha value is -4.49. The van der Waals surface area contributed by atoms with Gasteiger partial charge in [0.15, 0.2) is 22.9 Å². The predicted molar refractivity (Wildman–Crippen MR) is 217 cm³/mol. The van der Waals surface area contributed by atoms with Crippen molar-refractivity contribution in [3.63, 3.8) is 0 Å². The van der Waals surface area contributed by atoms with Crippen LogP contribution in [-0.4, -0.2) is 77.2 Å². The van der Waals surface area contributed by atoms with Crippen LogP contribution < -0.4 is 11.5 Å². The average Bonchev–Trinajstić information content (AvgIpc) is 3.82. The molecule has 4 aromatic heterocycles. The Balaban J connectivity index is 0.000000181. The zero-order valence-electron chi connectivity index (χ0n) is 32.8. The first-order valence-electron chi connectivity index (χ1n) is 18.8. The highest BCUT2D eigenvalue weighted by Crippen LogP contribution is 2.57. The second-order valence-corrected chi connectivity index (χ2v) is 18.6. The van der Waals surface area contributed by atoms with E-state index in [9.17, 15) is 17.9 Å². The van der Waals surface area contributed by atoms with E-state index in [4.69, 9.17) is 50.6 Å². The average molecular weight is 891 g/mol. The standard InChI is InChI=1S/C19H23FN5O4P.C18H20ClFN5O4P/c1-12-5-14(7-15(20)6-12)16-3-4-28-30(26,29-16)11-27-13(2)8-25-10-24-17-18(21)22-9-23-19(17)25;1-11(7-25-9-24-16-17(21)22-8-23-18(16)25)27-10-30(26)28-5-4-15(29-30)13-6-12(19)2-3-14(13)20/h5-7,9-10,13,16H,3-4,8,11H2,1-2H3,(H2,21,22,23);2-3,6,8-9,11,15H,4-5,7,10H2,1H3,(H2,21,22,23)/t13-,16+,30-;11-,15+,30-/m11/s1. The SMILES string of the molecule is C[C@H](Cn1cnc2c(N)ncnc21)OC[P@@]1(=O)OCC[C@@H](c2cc(Cl)ccc2F)O1.Cc1cc(F)cc([C@@H]2CCO[P@](=O)(CO[C@H](C)Cn3cnc4c(N)ncnc43)O2)c1. The molecule has 2 fully saturated rings. The number of nitrogens with two attached hydrogens (primary N) is 2. The molecule has 8 rings (SSSR count). The summed E-state index contributed by atoms with van der Waals surface area (Å²) >= 11 is 5.96. The molecular weight excluding hydrogens is 848 g/mol. The number of anilines is 2. The number of imidazole rings is 2. The summed E-state index contributed by atoms with van der Waals surface area (Å²) in [6.07, 6.45) is 4.39. The van der Waals surface area contributed by atoms with Gasteiger partial charge in [-0.3, -0.25) is 18.2 Å². The molecule has 2 aliphatic rings. The Kier molecular flexibility index (Phi) is 13.5. The van der Waals surface area contributed by atoms with Crippen LogP contribution in [0.4, 0.5) is 20.4 Å². The van der Waals surface area contributed by atoms with Crippen molar-refractivity contribution in [1.29, 1.82) is 0 Å². The van der Waals surface area contributed by atoms with Crippen molar-refractivity contribution in [3.8, 4) is 0 Å². The summed E-state index contributed by atoms with van der Waals surface area (Å²) in [4.78, 5) is 24.6. The molecule has 2 aliphatic heterocycles. The van der Waals surface area contributed by atoms with Crippen molar-refractivity contribution in [2.24, 2.45) is 0 Å². The first-order valence-corrected chi connectivity index (χ1v) is 22.6. The van der Waals surface area contributed by atoms with E-state index < -0.39 is 33.2 Å². The first-order chi connectivity index (χ1) is 28.7. The summed E-state index contributed by atoms with van der Waals surface area (Å²) in [6, 6.07) is 8.83. The fourth-order valence-electron chi connectivity index (χ4n) is 6.60. The molecule has 0 unspecified atom stereocenters. The molecule has 4 N–H and O–H groups in total. The Morgan fingerprint density at radius 2 is 1.32 bits per heavy atom. The second kappa shape index (κ2) is 18.6. The highest BCUT2D eigenvalue weighted by Gasteiger charge is 2.37. The summed E-state index contributed by atoms with van der Waals surface area (Å²) in [7, 11) is -7.05. The number of hydrogen-bond donors (Lipinski definition) is 2. The Labute approximate surface area is 348 Å². The normalized spacial score (nSPS) is 23.0. The highest BCUT2D eigenvalue weighted by atomic mass is 35.5. The van der Waals surface area contributed by atoms with Gasteiger partial charge < -0.3 is 39.1 Å². The van der Waals surface area contributed by atoms with E-state index in [-0.39, 0.29) is 49.5 Å². The summed E-state index contributed by atoms with van der Waals surface area (Å²) < 4.78 is 91.1. The minimum atomic E-state index is -3.57. The predicted octanol–water partition coefficient (Wildman–Crippen LogP) is 7.52. The van der Waals surface area contributed by atoms with Crippen molar-refractivity contribution < 1.29 is 45.5 Å². The Morgan fingerprint density at radius 3 is 1.87 bits per heavy atom. The number of nitrogen functional groups attached to an aromatic ring is 2. The van der Waals surface area contributed by atoms with E-state index in [1.807, 2.05) is 13.0 Å². The van der Waals surface area contributed by atoms with Crippen molar-refractivity contribution in [2.75, 3.05) is 37.4 Å². The molecule has 6 atom stereocenters. The third-order valence-electron chi connectivity index (χ3n) is 9.45. The monoisotopic (exact) mass is 890 g/mol. The number of ether oxygens (including phenoxy) is 2. The van der Waals surface area contributed by atoms with E-state index in [0.29, 0.717) is 70.5 Å². The summed E-state index contributed by atoms with van der Waals surface area (Å²) in [6.45, 7) is 6.65. The maximum Gasteiger partial charge on any atom is 0.356 e. The molecule has 6 heterocycles. The van der Waals surface area contributed by atoms with Gasteiger partial charge in [0.2, 0.25) is 0 Å². The van der Waals surface area contributed by atoms with E-state index in [1.165, 1.54) is 43.0 Å². The zero-order chi connectivity index (χ0) is 42.6. The fraction of sp³-hybridized carbons (Fsp3) is 0.405. The van der Waals surface area contributed by atoms with Gasteiger partial charge in [0, 0.05) is 23.4 Å². The van der Waals surface area contributed by atoms with Crippen LogP contribution >= 0.6 is 26.8 Å². The molecule has 18 nitrogen and oxygen atoms in total. The van der Waals surface area contributed by atoms with Gasteiger partial charge in [0.25, 0.3) is 0 Å². The van der Waals surface area contributed by atoms with E-state index >= 15 is 0 Å². The molecule has 2 saturated heterocycles. The molecule has 0 saturated carbocycles. The van der Waals surface area contributed by atoms with Crippen LogP contribution in [0.3, 0.4) is 0 Å². The lowest BCUT2D eigenvalue weighted by molar-refractivity contribution is 0.0331. The molecule has 0 spiro atoms. The van der Waals surface area contributed by atoms with Crippen molar-refractivity contribution >= 4 is 60.8 Å². The summed E-state index contributed by atoms with van der Waals surface area (Å²) in [5, 5.41) is 0.373. The molecule has 23 heteroatoms.